The predicted molar refractivity (Wildman–Crippen MR) is 44.9 cm³/mol. The van der Waals surface area contributed by atoms with Crippen molar-refractivity contribution in [1.29, 1.82) is 0 Å². The molecule has 1 aliphatic rings. The van der Waals surface area contributed by atoms with Crippen LogP contribution in [0.2, 0.25) is 0 Å². The van der Waals surface area contributed by atoms with Gasteiger partial charge in [-0.2, -0.15) is 52.7 Å². The van der Waals surface area contributed by atoms with Gasteiger partial charge in [0.1, 0.15) is 0 Å². The molecular weight excluding hydrogens is 371 g/mol. The summed E-state index contributed by atoms with van der Waals surface area (Å²) in [5.74, 6) is 0. The van der Waals surface area contributed by atoms with E-state index in [1.54, 1.807) is 0 Å². The molecule has 1 rings (SSSR count). The normalized spacial score (nSPS) is 26.3. The van der Waals surface area contributed by atoms with Gasteiger partial charge in [-0.1, -0.05) is 6.92 Å². The summed E-state index contributed by atoms with van der Waals surface area (Å²) in [6, 6.07) is 0. The minimum absolute atomic E-state index is 0.0883. The minimum Gasteiger partial charge on any atom is -0.341 e. The van der Waals surface area contributed by atoms with E-state index in [0.29, 0.717) is 0 Å². The van der Waals surface area contributed by atoms with Gasteiger partial charge in [-0.25, -0.2) is 4.39 Å². The zero-order valence-electron chi connectivity index (χ0n) is 10.5. The molecule has 1 atom stereocenters. The lowest BCUT2D eigenvalue weighted by atomic mass is 9.75. The van der Waals surface area contributed by atoms with Crippen LogP contribution >= 0.6 is 0 Å². The molecular formula is C9H5F13O. The average Bonchev–Trinajstić information content (AvgIpc) is 2.95. The summed E-state index contributed by atoms with van der Waals surface area (Å²) in [6.07, 6.45) is -30.0. The van der Waals surface area contributed by atoms with Gasteiger partial charge in [0.05, 0.1) is 0 Å². The van der Waals surface area contributed by atoms with Crippen molar-refractivity contribution in [2.24, 2.45) is 0 Å². The number of rotatable bonds is 2. The Hall–Kier alpha value is -0.950. The molecule has 0 aromatic rings. The first-order chi connectivity index (χ1) is 9.77. The lowest BCUT2D eigenvalue weighted by molar-refractivity contribution is -0.365. The van der Waals surface area contributed by atoms with Crippen LogP contribution in [-0.4, -0.2) is 41.6 Å². The molecule has 0 saturated carbocycles. The largest absolute Gasteiger partial charge is 0.434 e. The molecule has 0 spiro atoms. The highest BCUT2D eigenvalue weighted by Gasteiger charge is 3.04. The Morgan fingerprint density at radius 1 is 0.652 bits per heavy atom. The maximum Gasteiger partial charge on any atom is 0.434 e. The molecule has 0 amide bonds. The van der Waals surface area contributed by atoms with Crippen molar-refractivity contribution in [3.8, 4) is 0 Å². The van der Waals surface area contributed by atoms with Crippen LogP contribution in [0.3, 0.4) is 0 Å². The third-order valence-corrected chi connectivity index (χ3v) is 3.49. The predicted octanol–water partition coefficient (Wildman–Crippen LogP) is 4.86. The van der Waals surface area contributed by atoms with E-state index in [9.17, 15) is 57.1 Å². The fraction of sp³-hybridized carbons (Fsp3) is 1.00. The molecule has 0 bridgehead atoms. The second-order valence-electron chi connectivity index (χ2n) is 4.61. The van der Waals surface area contributed by atoms with Crippen LogP contribution in [0.1, 0.15) is 13.3 Å². The molecule has 0 radical (unpaired) electrons. The number of alkyl halides is 13. The molecule has 1 unspecified atom stereocenters. The molecule has 1 heterocycles. The van der Waals surface area contributed by atoms with Crippen molar-refractivity contribution in [2.45, 2.75) is 54.9 Å². The van der Waals surface area contributed by atoms with Gasteiger partial charge >= 0.3 is 30.4 Å². The van der Waals surface area contributed by atoms with Crippen molar-refractivity contribution >= 4 is 0 Å². The molecule has 0 aromatic carbocycles. The van der Waals surface area contributed by atoms with Crippen molar-refractivity contribution < 1.29 is 61.8 Å². The van der Waals surface area contributed by atoms with Gasteiger partial charge in [0.25, 0.3) is 5.60 Å². The third-order valence-electron chi connectivity index (χ3n) is 3.49. The summed E-state index contributed by atoms with van der Waals surface area (Å²) in [6.45, 7) is 0.0883. The summed E-state index contributed by atoms with van der Waals surface area (Å²) < 4.78 is 168. The SMILES string of the molecule is CCC1(C(F)(C(F)(F)F)C(F)(F)F)OC1(C(F)(F)F)C(F)(F)F. The Balaban J connectivity index is 3.78. The average molecular weight is 376 g/mol. The number of epoxide rings is 1. The monoisotopic (exact) mass is 376 g/mol. The highest BCUT2D eigenvalue weighted by Crippen LogP contribution is 2.75. The van der Waals surface area contributed by atoms with Crippen LogP contribution in [0.15, 0.2) is 0 Å². The maximum absolute atomic E-state index is 13.8. The Morgan fingerprint density at radius 2 is 0.957 bits per heavy atom. The van der Waals surface area contributed by atoms with E-state index in [0.717, 1.165) is 0 Å². The molecule has 14 heteroatoms. The van der Waals surface area contributed by atoms with E-state index in [1.165, 1.54) is 0 Å². The molecule has 1 fully saturated rings. The summed E-state index contributed by atoms with van der Waals surface area (Å²) >= 11 is 0. The standard InChI is InChI=1S/C9H5F13O/c1-2-3(4(10,6(11,12)13)7(14,15)16)5(23-3,8(17,18)19)9(20,21)22/h2H2,1H3. The maximum atomic E-state index is 13.8. The van der Waals surface area contributed by atoms with E-state index < -0.39 is 48.0 Å². The number of ether oxygens (including phenoxy) is 1. The summed E-state index contributed by atoms with van der Waals surface area (Å²) in [7, 11) is 0. The van der Waals surface area contributed by atoms with Crippen molar-refractivity contribution in [2.75, 3.05) is 0 Å². The Bertz CT molecular complexity index is 438. The summed E-state index contributed by atoms with van der Waals surface area (Å²) in [4.78, 5) is 0. The molecule has 1 nitrogen and oxygen atoms in total. The van der Waals surface area contributed by atoms with Crippen molar-refractivity contribution in [3.05, 3.63) is 0 Å². The van der Waals surface area contributed by atoms with E-state index in [1.807, 2.05) is 0 Å². The summed E-state index contributed by atoms with van der Waals surface area (Å²) in [5, 5.41) is 0. The lowest BCUT2D eigenvalue weighted by Crippen LogP contribution is -2.68. The van der Waals surface area contributed by atoms with Crippen LogP contribution in [0.4, 0.5) is 57.1 Å². The van der Waals surface area contributed by atoms with Gasteiger partial charge in [-0.15, -0.1) is 0 Å². The highest BCUT2D eigenvalue weighted by molar-refractivity contribution is 5.33. The quantitative estimate of drug-likeness (QED) is 0.495. The van der Waals surface area contributed by atoms with Crippen molar-refractivity contribution in [3.63, 3.8) is 0 Å². The fourth-order valence-corrected chi connectivity index (χ4v) is 2.47. The van der Waals surface area contributed by atoms with Gasteiger partial charge in [0, 0.05) is 0 Å². The molecule has 23 heavy (non-hydrogen) atoms. The fourth-order valence-electron chi connectivity index (χ4n) is 2.47. The van der Waals surface area contributed by atoms with Crippen molar-refractivity contribution in [1.82, 2.24) is 0 Å². The third kappa shape index (κ3) is 2.12. The zero-order chi connectivity index (χ0) is 18.9. The molecule has 1 aliphatic heterocycles. The number of halogens is 13. The smallest absolute Gasteiger partial charge is 0.341 e. The van der Waals surface area contributed by atoms with Gasteiger partial charge < -0.3 is 4.74 Å². The molecule has 0 aliphatic carbocycles. The topological polar surface area (TPSA) is 12.5 Å². The second kappa shape index (κ2) is 4.57. The minimum atomic E-state index is -7.14. The molecule has 0 N–H and O–H groups in total. The van der Waals surface area contributed by atoms with Crippen LogP contribution < -0.4 is 0 Å². The number of hydrogen-bond acceptors (Lipinski definition) is 1. The zero-order valence-corrected chi connectivity index (χ0v) is 10.5. The first kappa shape index (κ1) is 20.1. The van der Waals surface area contributed by atoms with Gasteiger partial charge in [0.2, 0.25) is 0 Å². The van der Waals surface area contributed by atoms with Gasteiger partial charge in [-0.3, -0.25) is 0 Å². The highest BCUT2D eigenvalue weighted by atomic mass is 19.4. The van der Waals surface area contributed by atoms with E-state index >= 15 is 0 Å². The summed E-state index contributed by atoms with van der Waals surface area (Å²) in [5.41, 5.74) is -18.1. The Morgan fingerprint density at radius 3 is 1.09 bits per heavy atom. The first-order valence-corrected chi connectivity index (χ1v) is 5.43. The van der Waals surface area contributed by atoms with Gasteiger partial charge in [0.15, 0.2) is 5.60 Å². The van der Waals surface area contributed by atoms with Crippen LogP contribution in [0.5, 0.6) is 0 Å². The first-order valence-electron chi connectivity index (χ1n) is 5.43. The van der Waals surface area contributed by atoms with E-state index in [-0.39, 0.29) is 6.92 Å². The van der Waals surface area contributed by atoms with Gasteiger partial charge in [-0.05, 0) is 6.42 Å². The van der Waals surface area contributed by atoms with E-state index in [2.05, 4.69) is 4.74 Å². The number of hydrogen-bond donors (Lipinski definition) is 0. The van der Waals surface area contributed by atoms with Crippen LogP contribution in [0.25, 0.3) is 0 Å². The Kier molecular flexibility index (Phi) is 3.99. The Labute approximate surface area is 118 Å². The molecule has 1 saturated heterocycles. The second-order valence-corrected chi connectivity index (χ2v) is 4.61. The lowest BCUT2D eigenvalue weighted by Gasteiger charge is -2.37. The van der Waals surface area contributed by atoms with Crippen LogP contribution in [-0.2, 0) is 4.74 Å². The van der Waals surface area contributed by atoms with Crippen LogP contribution in [0, 0.1) is 0 Å². The van der Waals surface area contributed by atoms with E-state index in [4.69, 9.17) is 0 Å². The molecule has 0 aromatic heterocycles. The molecule has 138 valence electrons.